The fraction of sp³-hybridized carbons (Fsp3) is 0.154. The van der Waals surface area contributed by atoms with Crippen LogP contribution in [-0.4, -0.2) is 26.0 Å². The highest BCUT2D eigenvalue weighted by Gasteiger charge is 2.18. The molecule has 0 aliphatic heterocycles. The van der Waals surface area contributed by atoms with Crippen LogP contribution in [0.5, 0.6) is 0 Å². The number of nitrogens with one attached hydrogen (secondary N) is 1. The first-order chi connectivity index (χ1) is 9.63. The molecule has 1 unspecified atom stereocenters. The number of aromatic amines is 1. The molecule has 7 heteroatoms. The third kappa shape index (κ3) is 2.40. The van der Waals surface area contributed by atoms with Crippen LogP contribution in [0.15, 0.2) is 29.6 Å². The van der Waals surface area contributed by atoms with Crippen molar-refractivity contribution in [1.82, 2.24) is 15.0 Å². The number of imidazole rings is 1. The monoisotopic (exact) mass is 288 g/mol. The molecule has 0 aliphatic carbocycles. The van der Waals surface area contributed by atoms with Crippen LogP contribution in [0.2, 0.25) is 0 Å². The molecule has 20 heavy (non-hydrogen) atoms. The minimum Gasteiger partial charge on any atom is -0.480 e. The van der Waals surface area contributed by atoms with Crippen molar-refractivity contribution in [2.45, 2.75) is 12.5 Å². The molecule has 1 atom stereocenters. The van der Waals surface area contributed by atoms with Crippen molar-refractivity contribution in [3.8, 4) is 0 Å². The molecule has 0 spiro atoms. The van der Waals surface area contributed by atoms with E-state index in [0.717, 1.165) is 21.9 Å². The van der Waals surface area contributed by atoms with Gasteiger partial charge in [-0.3, -0.25) is 4.79 Å². The van der Waals surface area contributed by atoms with Crippen LogP contribution in [0.25, 0.3) is 11.0 Å². The maximum absolute atomic E-state index is 10.8. The first-order valence-corrected chi connectivity index (χ1v) is 6.88. The van der Waals surface area contributed by atoms with E-state index in [1.807, 2.05) is 24.3 Å². The lowest BCUT2D eigenvalue weighted by atomic mass is 10.2. The number of H-pyrrole nitrogens is 1. The molecule has 102 valence electrons. The number of hydrogen-bond acceptors (Lipinski definition) is 5. The van der Waals surface area contributed by atoms with Crippen LogP contribution in [-0.2, 0) is 11.2 Å². The Bertz CT molecular complexity index is 731. The van der Waals surface area contributed by atoms with Gasteiger partial charge in [-0.1, -0.05) is 12.1 Å². The molecular formula is C13H12N4O2S. The third-order valence-electron chi connectivity index (χ3n) is 2.91. The lowest BCUT2D eigenvalue weighted by Gasteiger charge is -2.00. The number of aliphatic carboxylic acids is 1. The lowest BCUT2D eigenvalue weighted by molar-refractivity contribution is -0.138. The van der Waals surface area contributed by atoms with Gasteiger partial charge in [0.1, 0.15) is 16.9 Å². The van der Waals surface area contributed by atoms with Gasteiger partial charge in [-0.15, -0.1) is 11.3 Å². The van der Waals surface area contributed by atoms with E-state index in [9.17, 15) is 4.79 Å². The van der Waals surface area contributed by atoms with Crippen LogP contribution in [0, 0.1) is 0 Å². The van der Waals surface area contributed by atoms with Crippen LogP contribution in [0.1, 0.15) is 22.6 Å². The zero-order chi connectivity index (χ0) is 14.1. The van der Waals surface area contributed by atoms with Crippen LogP contribution >= 0.6 is 11.3 Å². The predicted molar refractivity (Wildman–Crippen MR) is 75.6 cm³/mol. The number of rotatable bonds is 4. The molecule has 0 radical (unpaired) electrons. The largest absolute Gasteiger partial charge is 0.480 e. The molecule has 1 aromatic carbocycles. The summed E-state index contributed by atoms with van der Waals surface area (Å²) in [6, 6.07) is 6.69. The van der Waals surface area contributed by atoms with Gasteiger partial charge in [0, 0.05) is 5.38 Å². The molecular weight excluding hydrogens is 276 g/mol. The van der Waals surface area contributed by atoms with Gasteiger partial charge in [-0.25, -0.2) is 9.97 Å². The van der Waals surface area contributed by atoms with Crippen LogP contribution in [0.3, 0.4) is 0 Å². The highest BCUT2D eigenvalue weighted by atomic mass is 32.1. The van der Waals surface area contributed by atoms with Gasteiger partial charge in [0.15, 0.2) is 0 Å². The third-order valence-corrected chi connectivity index (χ3v) is 3.78. The SMILES string of the molecule is NC(C(=O)O)c1csc(Cc2nc3ccccc3[nH]2)n1. The van der Waals surface area contributed by atoms with Crippen LogP contribution < -0.4 is 5.73 Å². The summed E-state index contributed by atoms with van der Waals surface area (Å²) in [5.41, 5.74) is 7.79. The zero-order valence-corrected chi connectivity index (χ0v) is 11.2. The maximum Gasteiger partial charge on any atom is 0.326 e. The fourth-order valence-corrected chi connectivity index (χ4v) is 2.74. The van der Waals surface area contributed by atoms with E-state index in [0.29, 0.717) is 12.1 Å². The second-order valence-electron chi connectivity index (χ2n) is 4.36. The molecule has 0 saturated carbocycles. The molecule has 0 fully saturated rings. The van der Waals surface area contributed by atoms with Gasteiger partial charge in [0.05, 0.1) is 23.1 Å². The van der Waals surface area contributed by atoms with Gasteiger partial charge in [0.2, 0.25) is 0 Å². The average molecular weight is 288 g/mol. The van der Waals surface area contributed by atoms with Gasteiger partial charge in [0.25, 0.3) is 0 Å². The summed E-state index contributed by atoms with van der Waals surface area (Å²) in [5, 5.41) is 11.3. The molecule has 0 amide bonds. The average Bonchev–Trinajstić information content (AvgIpc) is 3.03. The second kappa shape index (κ2) is 5.03. The number of nitrogens with zero attached hydrogens (tertiary/aromatic N) is 2. The molecule has 4 N–H and O–H groups in total. The van der Waals surface area contributed by atoms with E-state index in [1.54, 1.807) is 5.38 Å². The number of fused-ring (bicyclic) bond motifs is 1. The number of thiazole rings is 1. The maximum atomic E-state index is 10.8. The number of carboxylic acids is 1. The Kier molecular flexibility index (Phi) is 3.21. The Hall–Kier alpha value is -2.25. The molecule has 0 saturated heterocycles. The van der Waals surface area contributed by atoms with Crippen molar-refractivity contribution >= 4 is 28.3 Å². The van der Waals surface area contributed by atoms with E-state index in [4.69, 9.17) is 10.8 Å². The first kappa shape index (κ1) is 12.8. The van der Waals surface area contributed by atoms with E-state index < -0.39 is 12.0 Å². The Labute approximate surface area is 118 Å². The molecule has 3 rings (SSSR count). The van der Waals surface area contributed by atoms with Crippen molar-refractivity contribution in [2.75, 3.05) is 0 Å². The molecule has 3 aromatic rings. The van der Waals surface area contributed by atoms with E-state index >= 15 is 0 Å². The fourth-order valence-electron chi connectivity index (χ4n) is 1.91. The Morgan fingerprint density at radius 1 is 1.40 bits per heavy atom. The summed E-state index contributed by atoms with van der Waals surface area (Å²) in [6.07, 6.45) is 0.533. The van der Waals surface area contributed by atoms with Crippen molar-refractivity contribution < 1.29 is 9.90 Å². The molecule has 2 heterocycles. The van der Waals surface area contributed by atoms with E-state index in [-0.39, 0.29) is 0 Å². The minimum atomic E-state index is -1.08. The van der Waals surface area contributed by atoms with Crippen molar-refractivity contribution in [3.63, 3.8) is 0 Å². The Morgan fingerprint density at radius 2 is 2.20 bits per heavy atom. The molecule has 6 nitrogen and oxygen atoms in total. The topological polar surface area (TPSA) is 105 Å². The molecule has 2 aromatic heterocycles. The summed E-state index contributed by atoms with van der Waals surface area (Å²) in [7, 11) is 0. The number of carbonyl (C=O) groups is 1. The van der Waals surface area contributed by atoms with E-state index in [1.165, 1.54) is 11.3 Å². The van der Waals surface area contributed by atoms with Gasteiger partial charge >= 0.3 is 5.97 Å². The summed E-state index contributed by atoms with van der Waals surface area (Å²) in [4.78, 5) is 22.7. The molecule has 0 aliphatic rings. The summed E-state index contributed by atoms with van der Waals surface area (Å²) >= 11 is 1.39. The standard InChI is InChI=1S/C13H12N4O2S/c14-12(13(18)19)9-6-20-11(17-9)5-10-15-7-3-1-2-4-8(7)16-10/h1-4,6,12H,5,14H2,(H,15,16)(H,18,19). The first-order valence-electron chi connectivity index (χ1n) is 6.00. The number of aromatic nitrogens is 3. The molecule has 0 bridgehead atoms. The van der Waals surface area contributed by atoms with Crippen molar-refractivity contribution in [1.29, 1.82) is 0 Å². The summed E-state index contributed by atoms with van der Waals surface area (Å²) < 4.78 is 0. The van der Waals surface area contributed by atoms with Crippen molar-refractivity contribution in [3.05, 3.63) is 46.2 Å². The quantitative estimate of drug-likeness (QED) is 0.677. The number of carboxylic acid groups (broad SMARTS) is 1. The highest BCUT2D eigenvalue weighted by molar-refractivity contribution is 7.09. The zero-order valence-electron chi connectivity index (χ0n) is 10.4. The Morgan fingerprint density at radius 3 is 2.95 bits per heavy atom. The van der Waals surface area contributed by atoms with Crippen LogP contribution in [0.4, 0.5) is 0 Å². The van der Waals surface area contributed by atoms with Gasteiger partial charge < -0.3 is 15.8 Å². The number of para-hydroxylation sites is 2. The van der Waals surface area contributed by atoms with Crippen molar-refractivity contribution in [2.24, 2.45) is 5.73 Å². The highest BCUT2D eigenvalue weighted by Crippen LogP contribution is 2.19. The Balaban J connectivity index is 1.82. The minimum absolute atomic E-state index is 0.383. The predicted octanol–water partition coefficient (Wildman–Crippen LogP) is 1.69. The summed E-state index contributed by atoms with van der Waals surface area (Å²) in [5.74, 6) is -0.276. The summed E-state index contributed by atoms with van der Waals surface area (Å²) in [6.45, 7) is 0. The number of benzene rings is 1. The number of nitrogens with two attached hydrogens (primary N) is 1. The van der Waals surface area contributed by atoms with E-state index in [2.05, 4.69) is 15.0 Å². The number of hydrogen-bond donors (Lipinski definition) is 3. The lowest BCUT2D eigenvalue weighted by Crippen LogP contribution is -2.20. The second-order valence-corrected chi connectivity index (χ2v) is 5.30. The normalized spacial score (nSPS) is 12.7. The van der Waals surface area contributed by atoms with Gasteiger partial charge in [-0.2, -0.15) is 0 Å². The smallest absolute Gasteiger partial charge is 0.326 e. The van der Waals surface area contributed by atoms with Gasteiger partial charge in [-0.05, 0) is 12.1 Å².